The molecule has 3 rings (SSSR count). The lowest BCUT2D eigenvalue weighted by molar-refractivity contribution is 0.124. The Bertz CT molecular complexity index is 500. The molecule has 18 heavy (non-hydrogen) atoms. The van der Waals surface area contributed by atoms with Gasteiger partial charge in [0, 0.05) is 23.0 Å². The fourth-order valence-corrected chi connectivity index (χ4v) is 2.14. The number of halogens is 1. The Hall–Kier alpha value is -1.14. The summed E-state index contributed by atoms with van der Waals surface area (Å²) < 4.78 is 6.06. The zero-order chi connectivity index (χ0) is 12.5. The van der Waals surface area contributed by atoms with Gasteiger partial charge in [-0.3, -0.25) is 0 Å². The maximum atomic E-state index is 5.32. The van der Waals surface area contributed by atoms with Crippen LogP contribution in [0.25, 0.3) is 0 Å². The van der Waals surface area contributed by atoms with Crippen molar-refractivity contribution in [1.29, 1.82) is 0 Å². The van der Waals surface area contributed by atoms with E-state index in [0.29, 0.717) is 6.61 Å². The van der Waals surface area contributed by atoms with Crippen molar-refractivity contribution in [3.63, 3.8) is 0 Å². The molecule has 2 aliphatic heterocycles. The number of aryl methyl sites for hydroxylation is 1. The largest absolute Gasteiger partial charge is 0.393 e. The summed E-state index contributed by atoms with van der Waals surface area (Å²) in [6, 6.07) is 2.04. The van der Waals surface area contributed by atoms with Crippen molar-refractivity contribution < 1.29 is 9.57 Å². The summed E-state index contributed by atoms with van der Waals surface area (Å²) in [5.41, 5.74) is 2.92. The molecule has 2 aliphatic rings. The van der Waals surface area contributed by atoms with Crippen molar-refractivity contribution in [2.24, 2.45) is 5.16 Å². The summed E-state index contributed by atoms with van der Waals surface area (Å²) in [7, 11) is 0. The molecule has 6 heteroatoms. The van der Waals surface area contributed by atoms with Crippen LogP contribution in [0.1, 0.15) is 17.7 Å². The fraction of sp³-hybridized carbons (Fsp3) is 0.500. The number of epoxide rings is 1. The Balaban J connectivity index is 1.83. The summed E-state index contributed by atoms with van der Waals surface area (Å²) in [6.07, 6.45) is 1.08. The fourth-order valence-electron chi connectivity index (χ4n) is 1.83. The van der Waals surface area contributed by atoms with Crippen LogP contribution in [0, 0.1) is 6.92 Å². The Kier molecular flexibility index (Phi) is 3.22. The number of anilines is 1. The molecule has 0 aliphatic carbocycles. The van der Waals surface area contributed by atoms with Gasteiger partial charge in [-0.2, -0.15) is 0 Å². The highest BCUT2D eigenvalue weighted by atomic mass is 79.9. The van der Waals surface area contributed by atoms with Crippen LogP contribution in [-0.2, 0) is 9.57 Å². The van der Waals surface area contributed by atoms with Crippen LogP contribution in [0.4, 0.5) is 5.82 Å². The number of aromatic nitrogens is 1. The maximum absolute atomic E-state index is 5.32. The van der Waals surface area contributed by atoms with E-state index in [1.54, 1.807) is 0 Å². The second-order valence-corrected chi connectivity index (χ2v) is 5.27. The maximum Gasteiger partial charge on any atom is 0.145 e. The molecular formula is C12H14BrN3O2. The van der Waals surface area contributed by atoms with Gasteiger partial charge in [0.2, 0.25) is 0 Å². The van der Waals surface area contributed by atoms with Gasteiger partial charge in [0.25, 0.3) is 0 Å². The molecule has 0 amide bonds. The monoisotopic (exact) mass is 311 g/mol. The van der Waals surface area contributed by atoms with E-state index in [2.05, 4.69) is 31.4 Å². The molecule has 0 saturated carbocycles. The molecule has 1 aromatic rings. The van der Waals surface area contributed by atoms with E-state index < -0.39 is 0 Å². The van der Waals surface area contributed by atoms with Gasteiger partial charge in [0.05, 0.1) is 18.0 Å². The van der Waals surface area contributed by atoms with Crippen LogP contribution in [0.5, 0.6) is 0 Å². The van der Waals surface area contributed by atoms with Crippen molar-refractivity contribution in [1.82, 2.24) is 4.98 Å². The minimum Gasteiger partial charge on any atom is -0.393 e. The van der Waals surface area contributed by atoms with E-state index in [1.807, 2.05) is 13.0 Å². The van der Waals surface area contributed by atoms with Gasteiger partial charge in [-0.05, 0) is 28.9 Å². The number of rotatable bonds is 3. The summed E-state index contributed by atoms with van der Waals surface area (Å²) in [5, 5.41) is 7.49. The predicted molar refractivity (Wildman–Crippen MR) is 72.0 cm³/mol. The van der Waals surface area contributed by atoms with E-state index in [0.717, 1.165) is 46.8 Å². The van der Waals surface area contributed by atoms with E-state index in [9.17, 15) is 0 Å². The standard InChI is InChI=1S/C12H14BrN3O2/c1-7-10(13)4-9-11(2-3-14-12(9)15-7)16-18-6-8-5-17-8/h4,8H,2-3,5-6H2,1H3,(H,14,15)/b16-11+/t8-/m1/s1. The molecule has 1 fully saturated rings. The Morgan fingerprint density at radius 3 is 3.28 bits per heavy atom. The molecule has 0 aromatic carbocycles. The Morgan fingerprint density at radius 1 is 1.67 bits per heavy atom. The number of nitrogens with zero attached hydrogens (tertiary/aromatic N) is 2. The highest BCUT2D eigenvalue weighted by Crippen LogP contribution is 2.26. The highest BCUT2D eigenvalue weighted by Gasteiger charge is 2.24. The van der Waals surface area contributed by atoms with E-state index in [1.165, 1.54) is 0 Å². The van der Waals surface area contributed by atoms with E-state index >= 15 is 0 Å². The average Bonchev–Trinajstić information content (AvgIpc) is 3.15. The normalized spacial score (nSPS) is 23.4. The minimum atomic E-state index is 0.235. The first-order valence-corrected chi connectivity index (χ1v) is 6.75. The van der Waals surface area contributed by atoms with Crippen LogP contribution < -0.4 is 5.32 Å². The highest BCUT2D eigenvalue weighted by molar-refractivity contribution is 9.10. The van der Waals surface area contributed by atoms with Crippen molar-refractivity contribution in [2.75, 3.05) is 25.1 Å². The van der Waals surface area contributed by atoms with E-state index in [-0.39, 0.29) is 6.10 Å². The molecule has 1 saturated heterocycles. The molecule has 1 N–H and O–H groups in total. The lowest BCUT2D eigenvalue weighted by atomic mass is 10.0. The SMILES string of the molecule is Cc1nc2c(cc1Br)/C(=N/OC[C@H]1CO1)CCN2. The molecule has 1 atom stereocenters. The molecule has 96 valence electrons. The number of nitrogens with one attached hydrogen (secondary N) is 1. The van der Waals surface area contributed by atoms with Crippen molar-refractivity contribution in [3.8, 4) is 0 Å². The van der Waals surface area contributed by atoms with Crippen LogP contribution in [0.3, 0.4) is 0 Å². The van der Waals surface area contributed by atoms with Gasteiger partial charge in [0.1, 0.15) is 18.5 Å². The third-order valence-electron chi connectivity index (χ3n) is 2.95. The molecule has 1 aromatic heterocycles. The van der Waals surface area contributed by atoms with Crippen LogP contribution in [0.15, 0.2) is 15.7 Å². The van der Waals surface area contributed by atoms with Crippen molar-refractivity contribution >= 4 is 27.5 Å². The Morgan fingerprint density at radius 2 is 2.50 bits per heavy atom. The number of ether oxygens (including phenoxy) is 1. The topological polar surface area (TPSA) is 59.0 Å². The van der Waals surface area contributed by atoms with Crippen LogP contribution >= 0.6 is 15.9 Å². The molecule has 0 spiro atoms. The quantitative estimate of drug-likeness (QED) is 0.686. The number of hydrogen-bond acceptors (Lipinski definition) is 5. The number of oxime groups is 1. The van der Waals surface area contributed by atoms with Gasteiger partial charge in [-0.15, -0.1) is 0 Å². The zero-order valence-electron chi connectivity index (χ0n) is 10.1. The van der Waals surface area contributed by atoms with Gasteiger partial charge in [0.15, 0.2) is 0 Å². The molecule has 0 bridgehead atoms. The first-order chi connectivity index (χ1) is 8.74. The Labute approximate surface area is 114 Å². The van der Waals surface area contributed by atoms with Crippen molar-refractivity contribution in [3.05, 3.63) is 21.8 Å². The van der Waals surface area contributed by atoms with Crippen molar-refractivity contribution in [2.45, 2.75) is 19.4 Å². The molecule has 3 heterocycles. The second kappa shape index (κ2) is 4.85. The minimum absolute atomic E-state index is 0.235. The molecule has 0 unspecified atom stereocenters. The smallest absolute Gasteiger partial charge is 0.145 e. The summed E-state index contributed by atoms with van der Waals surface area (Å²) >= 11 is 3.50. The van der Waals surface area contributed by atoms with Crippen LogP contribution in [-0.4, -0.2) is 36.6 Å². The lowest BCUT2D eigenvalue weighted by Crippen LogP contribution is -2.21. The van der Waals surface area contributed by atoms with Gasteiger partial charge < -0.3 is 14.9 Å². The summed E-state index contributed by atoms with van der Waals surface area (Å²) in [4.78, 5) is 9.82. The first-order valence-electron chi connectivity index (χ1n) is 5.96. The number of hydrogen-bond donors (Lipinski definition) is 1. The summed E-state index contributed by atoms with van der Waals surface area (Å²) in [5.74, 6) is 0.881. The van der Waals surface area contributed by atoms with E-state index in [4.69, 9.17) is 9.57 Å². The van der Waals surface area contributed by atoms with Gasteiger partial charge in [-0.25, -0.2) is 4.98 Å². The third-order valence-corrected chi connectivity index (χ3v) is 3.76. The predicted octanol–water partition coefficient (Wildman–Crippen LogP) is 2.09. The third kappa shape index (κ3) is 2.49. The molecule has 0 radical (unpaired) electrons. The van der Waals surface area contributed by atoms with Gasteiger partial charge in [-0.1, -0.05) is 5.16 Å². The first kappa shape index (κ1) is 11.9. The van der Waals surface area contributed by atoms with Crippen LogP contribution in [0.2, 0.25) is 0 Å². The molecule has 5 nitrogen and oxygen atoms in total. The second-order valence-electron chi connectivity index (χ2n) is 4.42. The lowest BCUT2D eigenvalue weighted by Gasteiger charge is -2.19. The molecular weight excluding hydrogens is 298 g/mol. The average molecular weight is 312 g/mol. The number of pyridine rings is 1. The zero-order valence-corrected chi connectivity index (χ0v) is 11.7. The van der Waals surface area contributed by atoms with Gasteiger partial charge >= 0.3 is 0 Å². The number of fused-ring (bicyclic) bond motifs is 1. The summed E-state index contributed by atoms with van der Waals surface area (Å²) in [6.45, 7) is 4.13.